The third-order valence-corrected chi connectivity index (χ3v) is 14.7. The molecule has 1 unspecified atom stereocenters. The van der Waals surface area contributed by atoms with Gasteiger partial charge in [0.2, 0.25) is 0 Å². The maximum Gasteiger partial charge on any atom is 0.349 e. The van der Waals surface area contributed by atoms with Gasteiger partial charge in [-0.1, -0.05) is 60.7 Å². The van der Waals surface area contributed by atoms with Crippen molar-refractivity contribution in [1.82, 2.24) is 33.7 Å². The quantitative estimate of drug-likeness (QED) is 0.0369. The van der Waals surface area contributed by atoms with Crippen LogP contribution in [0.25, 0.3) is 11.2 Å². The number of benzene rings is 4. The number of hydrogen-bond acceptors (Lipinski definition) is 17. The van der Waals surface area contributed by atoms with Crippen LogP contribution in [0.2, 0.25) is 0 Å². The van der Waals surface area contributed by atoms with Crippen molar-refractivity contribution in [2.75, 3.05) is 51.2 Å². The molecule has 2 aliphatic heterocycles. The lowest BCUT2D eigenvalue weighted by Crippen LogP contribution is -2.39. The van der Waals surface area contributed by atoms with Gasteiger partial charge in [0, 0.05) is 25.6 Å². The summed E-state index contributed by atoms with van der Waals surface area (Å²) in [7, 11) is 3.23. The molecule has 0 radical (unpaired) electrons. The van der Waals surface area contributed by atoms with E-state index in [1.165, 1.54) is 10.9 Å². The zero-order chi connectivity index (χ0) is 51.1. The molecule has 73 heavy (non-hydrogen) atoms. The van der Waals surface area contributed by atoms with Crippen LogP contribution < -0.4 is 35.3 Å². The number of nitrogens with zero attached hydrogens (tertiary/aromatic N) is 8. The SMILES string of the molecule is COc1ccc(C(OC[C@H]2O[C@@H](n3cnc4c(NCCOc5cccc6c5Nc5nc(=O)n(C)cc5O6)ncnc43)C[C@@H]2OP(OCCC#N)N(C(C)C)C(C)C)(c2ccccc2)c2ccc(OC)cc2)cc1. The Kier molecular flexibility index (Phi) is 15.8. The fourth-order valence-corrected chi connectivity index (χ4v) is 10.9. The Hall–Kier alpha value is -7.17. The van der Waals surface area contributed by atoms with Gasteiger partial charge in [-0.2, -0.15) is 10.2 Å². The van der Waals surface area contributed by atoms with Crippen molar-refractivity contribution in [3.8, 4) is 34.8 Å². The van der Waals surface area contributed by atoms with Crippen LogP contribution >= 0.6 is 8.53 Å². The van der Waals surface area contributed by atoms with Crippen molar-refractivity contribution in [3.05, 3.63) is 143 Å². The van der Waals surface area contributed by atoms with Crippen molar-refractivity contribution in [3.63, 3.8) is 0 Å². The highest BCUT2D eigenvalue weighted by Gasteiger charge is 2.45. The summed E-state index contributed by atoms with van der Waals surface area (Å²) >= 11 is 0. The fraction of sp³-hybridized carbons (Fsp3) is 0.358. The second-order valence-electron chi connectivity index (χ2n) is 17.9. The number of nitrogens with one attached hydrogen (secondary N) is 2. The van der Waals surface area contributed by atoms with Gasteiger partial charge in [0.05, 0.1) is 65.1 Å². The fourth-order valence-electron chi connectivity index (χ4n) is 9.11. The van der Waals surface area contributed by atoms with Crippen molar-refractivity contribution in [1.29, 1.82) is 5.26 Å². The molecule has 20 heteroatoms. The molecule has 4 aromatic carbocycles. The van der Waals surface area contributed by atoms with Crippen molar-refractivity contribution in [2.45, 2.75) is 76.7 Å². The van der Waals surface area contributed by atoms with Gasteiger partial charge in [-0.25, -0.2) is 24.4 Å². The van der Waals surface area contributed by atoms with Crippen LogP contribution in [-0.4, -0.2) is 98.6 Å². The summed E-state index contributed by atoms with van der Waals surface area (Å²) in [6, 6.07) is 33.7. The van der Waals surface area contributed by atoms with Gasteiger partial charge in [0.15, 0.2) is 34.3 Å². The van der Waals surface area contributed by atoms with Gasteiger partial charge in [0.25, 0.3) is 8.53 Å². The summed E-state index contributed by atoms with van der Waals surface area (Å²) in [6.07, 6.45) is 3.60. The average Bonchev–Trinajstić information content (AvgIpc) is 4.02. The minimum Gasteiger partial charge on any atom is -0.497 e. The number of para-hydroxylation sites is 1. The van der Waals surface area contributed by atoms with Gasteiger partial charge in [-0.15, -0.1) is 0 Å². The van der Waals surface area contributed by atoms with E-state index in [0.717, 1.165) is 16.7 Å². The van der Waals surface area contributed by atoms with Crippen LogP contribution in [0.4, 0.5) is 17.3 Å². The molecule has 0 saturated carbocycles. The van der Waals surface area contributed by atoms with E-state index in [0.29, 0.717) is 70.2 Å². The Bertz CT molecular complexity index is 3020. The molecule has 3 aromatic heterocycles. The van der Waals surface area contributed by atoms with Gasteiger partial charge in [-0.05, 0) is 80.8 Å². The first kappa shape index (κ1) is 50.8. The lowest BCUT2D eigenvalue weighted by molar-refractivity contribution is -0.0912. The van der Waals surface area contributed by atoms with E-state index >= 15 is 0 Å². The molecular weight excluding hydrogens is 952 g/mol. The zero-order valence-corrected chi connectivity index (χ0v) is 42.7. The third-order valence-electron chi connectivity index (χ3n) is 12.5. The largest absolute Gasteiger partial charge is 0.497 e. The van der Waals surface area contributed by atoms with E-state index in [1.54, 1.807) is 33.8 Å². The number of nitriles is 1. The molecule has 1 saturated heterocycles. The number of fused-ring (bicyclic) bond motifs is 3. The Labute approximate surface area is 424 Å². The Balaban J connectivity index is 1.000. The zero-order valence-electron chi connectivity index (χ0n) is 41.8. The van der Waals surface area contributed by atoms with E-state index in [4.69, 9.17) is 47.4 Å². The number of ether oxygens (including phenoxy) is 6. The van der Waals surface area contributed by atoms with Crippen LogP contribution in [0.5, 0.6) is 28.7 Å². The molecule has 0 aliphatic carbocycles. The second-order valence-corrected chi connectivity index (χ2v) is 19.3. The first-order valence-corrected chi connectivity index (χ1v) is 25.2. The molecular formula is C53H59N10O9P. The molecule has 9 rings (SSSR count). The lowest BCUT2D eigenvalue weighted by Gasteiger charge is -2.39. The van der Waals surface area contributed by atoms with Crippen LogP contribution in [0, 0.1) is 11.3 Å². The first-order valence-electron chi connectivity index (χ1n) is 24.1. The van der Waals surface area contributed by atoms with E-state index < -0.39 is 38.3 Å². The van der Waals surface area contributed by atoms with Crippen LogP contribution in [-0.2, 0) is 31.2 Å². The highest BCUT2D eigenvalue weighted by Crippen LogP contribution is 2.51. The number of anilines is 3. The predicted molar refractivity (Wildman–Crippen MR) is 275 cm³/mol. The maximum atomic E-state index is 12.3. The molecule has 380 valence electrons. The normalized spacial score (nSPS) is 16.6. The monoisotopic (exact) mass is 1010 g/mol. The summed E-state index contributed by atoms with van der Waals surface area (Å²) in [5.74, 6) is 3.75. The molecule has 19 nitrogen and oxygen atoms in total. The van der Waals surface area contributed by atoms with Crippen molar-refractivity contribution >= 4 is 37.0 Å². The summed E-state index contributed by atoms with van der Waals surface area (Å²) in [6.45, 7) is 9.33. The number of hydrogen-bond donors (Lipinski definition) is 2. The third kappa shape index (κ3) is 10.8. The van der Waals surface area contributed by atoms with Gasteiger partial charge < -0.3 is 48.1 Å². The Morgan fingerprint density at radius 1 is 0.890 bits per heavy atom. The molecule has 1 fully saturated rings. The minimum absolute atomic E-state index is 0.0674. The van der Waals surface area contributed by atoms with Crippen molar-refractivity contribution in [2.24, 2.45) is 7.05 Å². The molecule has 5 heterocycles. The first-order chi connectivity index (χ1) is 35.5. The lowest BCUT2D eigenvalue weighted by atomic mass is 9.80. The number of aryl methyl sites for hydroxylation is 1. The van der Waals surface area contributed by atoms with E-state index in [2.05, 4.69) is 71.2 Å². The molecule has 0 spiro atoms. The van der Waals surface area contributed by atoms with Crippen LogP contribution in [0.15, 0.2) is 121 Å². The summed E-state index contributed by atoms with van der Waals surface area (Å²) < 4.78 is 57.0. The van der Waals surface area contributed by atoms with Crippen molar-refractivity contribution < 1.29 is 37.5 Å². The summed E-state index contributed by atoms with van der Waals surface area (Å²) in [4.78, 5) is 30.4. The van der Waals surface area contributed by atoms with E-state index in [9.17, 15) is 10.1 Å². The Morgan fingerprint density at radius 3 is 2.26 bits per heavy atom. The molecule has 4 atom stereocenters. The van der Waals surface area contributed by atoms with Gasteiger partial charge >= 0.3 is 5.69 Å². The number of rotatable bonds is 22. The second kappa shape index (κ2) is 22.7. The highest BCUT2D eigenvalue weighted by molar-refractivity contribution is 7.44. The molecule has 2 N–H and O–H groups in total. The molecule has 2 aliphatic rings. The van der Waals surface area contributed by atoms with E-state index in [-0.39, 0.29) is 38.3 Å². The molecule has 0 amide bonds. The Morgan fingerprint density at radius 2 is 1.59 bits per heavy atom. The highest BCUT2D eigenvalue weighted by atomic mass is 31.2. The van der Waals surface area contributed by atoms with Crippen LogP contribution in [0.1, 0.15) is 63.5 Å². The smallest absolute Gasteiger partial charge is 0.349 e. The van der Waals surface area contributed by atoms with Crippen LogP contribution in [0.3, 0.4) is 0 Å². The van der Waals surface area contributed by atoms with Gasteiger partial charge in [-0.3, -0.25) is 9.13 Å². The topological polar surface area (TPSA) is 203 Å². The van der Waals surface area contributed by atoms with Gasteiger partial charge in [0.1, 0.15) is 53.8 Å². The number of methoxy groups -OCH3 is 2. The average molecular weight is 1010 g/mol. The maximum absolute atomic E-state index is 12.3. The predicted octanol–water partition coefficient (Wildman–Crippen LogP) is 9.23. The summed E-state index contributed by atoms with van der Waals surface area (Å²) in [5.41, 5.74) is 2.75. The number of imidazole rings is 1. The molecule has 0 bridgehead atoms. The minimum atomic E-state index is -1.67. The van der Waals surface area contributed by atoms with E-state index in [1.807, 2.05) is 89.5 Å². The molecule has 7 aromatic rings. The summed E-state index contributed by atoms with van der Waals surface area (Å²) in [5, 5.41) is 16.1. The number of aromatic nitrogens is 6. The standard InChI is InChI=1S/C53H59N10O9P/c1-34(2)63(35(3)4)73(69-27-12-25-54)72-43-29-46(71-45(43)31-68-53(36-13-9-8-10-14-36,37-17-21-39(65-6)22-18-37)38-19-23-40(66-7)24-20-38)62-33-58-48-50(56-32-57-51(48)62)55-26-28-67-41-15-11-16-42-47(41)59-49-44(70-42)30-61(5)52(64)60-49/h8-11,13-24,30,32-35,43,45-46H,12,26-29,31H2,1-7H3,(H,55,56,57)(H,59,60,64)/t43-,45+,46+,73?/m0/s1.